The summed E-state index contributed by atoms with van der Waals surface area (Å²) in [6, 6.07) is 0. The predicted molar refractivity (Wildman–Crippen MR) is 74.5 cm³/mol. The molecule has 0 bridgehead atoms. The third kappa shape index (κ3) is 1.80. The highest BCUT2D eigenvalue weighted by molar-refractivity contribution is 7.87. The largest absolute Gasteiger partial charge is 0.385 e. The zero-order valence-electron chi connectivity index (χ0n) is 12.3. The number of aliphatic hydroxyl groups excluding tert-OH is 1. The predicted octanol–water partition coefficient (Wildman–Crippen LogP) is -3.08. The first-order valence-corrected chi connectivity index (χ1v) is 8.63. The number of ether oxygens (including phenoxy) is 2. The first-order valence-electron chi connectivity index (χ1n) is 7.05. The molecule has 0 saturated carbocycles. The Morgan fingerprint density at radius 1 is 1.42 bits per heavy atom. The third-order valence-corrected chi connectivity index (χ3v) is 5.91. The highest BCUT2D eigenvalue weighted by Gasteiger charge is 2.79. The van der Waals surface area contributed by atoms with Crippen LogP contribution in [-0.2, 0) is 23.8 Å². The molecule has 0 amide bonds. The Morgan fingerprint density at radius 2 is 2.12 bits per heavy atom. The second-order valence-electron chi connectivity index (χ2n) is 6.11. The summed E-state index contributed by atoms with van der Waals surface area (Å²) in [5, 5.41) is 21.2. The van der Waals surface area contributed by atoms with E-state index in [1.165, 1.54) is 13.1 Å². The van der Waals surface area contributed by atoms with Crippen molar-refractivity contribution in [1.82, 2.24) is 9.55 Å². The number of nitrogens with zero attached hydrogens (tertiary/aromatic N) is 1. The van der Waals surface area contributed by atoms with Gasteiger partial charge in [0.2, 0.25) is 11.4 Å². The Balaban J connectivity index is 1.84. The Labute approximate surface area is 134 Å². The molecule has 3 N–H and O–H groups in total. The smallest absolute Gasteiger partial charge is 0.330 e. The fraction of sp³-hybridized carbons (Fsp3) is 0.667. The van der Waals surface area contributed by atoms with Crippen LogP contribution in [-0.4, -0.2) is 64.1 Å². The molecule has 3 fully saturated rings. The number of aromatic amines is 1. The van der Waals surface area contributed by atoms with Crippen molar-refractivity contribution >= 4 is 10.1 Å². The van der Waals surface area contributed by atoms with Gasteiger partial charge in [0.25, 0.3) is 15.7 Å². The zero-order chi connectivity index (χ0) is 17.5. The molecule has 1 spiro atoms. The van der Waals surface area contributed by atoms with Crippen LogP contribution in [0.25, 0.3) is 0 Å². The lowest BCUT2D eigenvalue weighted by Crippen LogP contribution is -2.59. The summed E-state index contributed by atoms with van der Waals surface area (Å²) in [7, 11) is -4.15. The van der Waals surface area contributed by atoms with E-state index in [0.717, 1.165) is 4.57 Å². The van der Waals surface area contributed by atoms with Crippen LogP contribution in [0.2, 0.25) is 0 Å². The molecule has 5 atom stereocenters. The molecule has 1 aromatic heterocycles. The monoisotopic (exact) mass is 362 g/mol. The van der Waals surface area contributed by atoms with Gasteiger partial charge in [-0.15, -0.1) is 0 Å². The molecule has 3 saturated heterocycles. The van der Waals surface area contributed by atoms with Crippen LogP contribution in [0.4, 0.5) is 0 Å². The summed E-state index contributed by atoms with van der Waals surface area (Å²) < 4.78 is 40.1. The zero-order valence-corrected chi connectivity index (χ0v) is 13.1. The van der Waals surface area contributed by atoms with Gasteiger partial charge in [-0.1, -0.05) is 0 Å². The van der Waals surface area contributed by atoms with Crippen LogP contribution >= 0.6 is 0 Å². The Bertz CT molecular complexity index is 937. The maximum atomic E-state index is 12.0. The van der Waals surface area contributed by atoms with Crippen molar-refractivity contribution in [3.63, 3.8) is 0 Å². The van der Waals surface area contributed by atoms with Crippen LogP contribution < -0.4 is 11.2 Å². The molecule has 4 rings (SSSR count). The van der Waals surface area contributed by atoms with Gasteiger partial charge in [-0.05, 0) is 6.92 Å². The number of nitrogens with one attached hydrogen (secondary N) is 1. The minimum atomic E-state index is -4.15. The molecule has 1 aromatic rings. The Morgan fingerprint density at radius 3 is 2.83 bits per heavy atom. The van der Waals surface area contributed by atoms with Crippen LogP contribution in [0.3, 0.4) is 0 Å². The number of hydrogen-bond acceptors (Lipinski definition) is 9. The van der Waals surface area contributed by atoms with Crippen LogP contribution in [0.5, 0.6) is 0 Å². The summed E-state index contributed by atoms with van der Waals surface area (Å²) in [5.41, 5.74) is -3.33. The van der Waals surface area contributed by atoms with E-state index >= 15 is 0 Å². The van der Waals surface area contributed by atoms with Crippen LogP contribution in [0, 0.1) is 6.92 Å². The average Bonchev–Trinajstić information content (AvgIpc) is 2.96. The molecule has 0 aliphatic carbocycles. The average molecular weight is 362 g/mol. The standard InChI is InChI=1S/C12H14N2O9S/c1-5-2-14(10(17)13-8(5)16)9-7(15)12-6(22-9)3-21-11(12,18)4-24(19,20)23-12/h2,6-7,9,15,18H,3-4H2,1H3,(H,13,16,17). The molecular weight excluding hydrogens is 348 g/mol. The molecule has 24 heavy (non-hydrogen) atoms. The number of aromatic nitrogens is 2. The van der Waals surface area contributed by atoms with Crippen molar-refractivity contribution in [2.24, 2.45) is 0 Å². The fourth-order valence-corrected chi connectivity index (χ4v) is 5.12. The van der Waals surface area contributed by atoms with E-state index in [4.69, 9.17) is 13.7 Å². The van der Waals surface area contributed by atoms with Crippen molar-refractivity contribution in [2.75, 3.05) is 12.4 Å². The SMILES string of the molecule is Cc1cn(C2OC3COC4(O)CS(=O)(=O)OC34C2O)c(=O)[nH]c1=O. The molecule has 132 valence electrons. The number of hydrogen-bond donors (Lipinski definition) is 3. The summed E-state index contributed by atoms with van der Waals surface area (Å²) in [6.45, 7) is 1.22. The number of aliphatic hydroxyl groups is 2. The number of aryl methyl sites for hydroxylation is 1. The van der Waals surface area contributed by atoms with Crippen LogP contribution in [0.15, 0.2) is 15.8 Å². The van der Waals surface area contributed by atoms with Crippen LogP contribution in [0.1, 0.15) is 11.8 Å². The minimum absolute atomic E-state index is 0.187. The first-order chi connectivity index (χ1) is 11.1. The van der Waals surface area contributed by atoms with Crippen molar-refractivity contribution in [3.8, 4) is 0 Å². The van der Waals surface area contributed by atoms with Crippen molar-refractivity contribution in [1.29, 1.82) is 0 Å². The van der Waals surface area contributed by atoms with E-state index in [0.29, 0.717) is 0 Å². The van der Waals surface area contributed by atoms with Gasteiger partial charge in [0, 0.05) is 11.8 Å². The highest BCUT2D eigenvalue weighted by atomic mass is 32.2. The third-order valence-electron chi connectivity index (χ3n) is 4.63. The molecule has 11 nitrogen and oxygen atoms in total. The lowest BCUT2D eigenvalue weighted by atomic mass is 9.86. The minimum Gasteiger partial charge on any atom is -0.385 e. The molecule has 0 radical (unpaired) electrons. The normalized spacial score (nSPS) is 42.9. The van der Waals surface area contributed by atoms with E-state index in [1.807, 2.05) is 0 Å². The molecule has 3 aliphatic rings. The van der Waals surface area contributed by atoms with E-state index in [1.54, 1.807) is 0 Å². The van der Waals surface area contributed by atoms with Gasteiger partial charge in [-0.3, -0.25) is 18.5 Å². The van der Waals surface area contributed by atoms with Gasteiger partial charge in [-0.2, -0.15) is 8.42 Å². The van der Waals surface area contributed by atoms with Gasteiger partial charge in [0.15, 0.2) is 6.23 Å². The Hall–Kier alpha value is -1.57. The van der Waals surface area contributed by atoms with Crippen molar-refractivity contribution < 1.29 is 32.3 Å². The molecule has 4 heterocycles. The van der Waals surface area contributed by atoms with Gasteiger partial charge in [-0.25, -0.2) is 4.79 Å². The summed E-state index contributed by atoms with van der Waals surface area (Å²) in [5.74, 6) is -3.14. The summed E-state index contributed by atoms with van der Waals surface area (Å²) in [4.78, 5) is 25.5. The summed E-state index contributed by atoms with van der Waals surface area (Å²) >= 11 is 0. The van der Waals surface area contributed by atoms with E-state index in [9.17, 15) is 28.2 Å². The van der Waals surface area contributed by atoms with E-state index < -0.39 is 56.9 Å². The van der Waals surface area contributed by atoms with Gasteiger partial charge < -0.3 is 19.7 Å². The molecule has 12 heteroatoms. The number of rotatable bonds is 1. The summed E-state index contributed by atoms with van der Waals surface area (Å²) in [6.07, 6.45) is -3.02. The second kappa shape index (κ2) is 4.53. The first kappa shape index (κ1) is 15.9. The van der Waals surface area contributed by atoms with Crippen molar-refractivity contribution in [2.45, 2.75) is 36.7 Å². The number of H-pyrrole nitrogens is 1. The lowest BCUT2D eigenvalue weighted by Gasteiger charge is -2.32. The van der Waals surface area contributed by atoms with E-state index in [2.05, 4.69) is 4.98 Å². The highest BCUT2D eigenvalue weighted by Crippen LogP contribution is 2.55. The maximum absolute atomic E-state index is 12.0. The second-order valence-corrected chi connectivity index (χ2v) is 7.68. The van der Waals surface area contributed by atoms with E-state index in [-0.39, 0.29) is 12.2 Å². The molecular formula is C12H14N2O9S. The Kier molecular flexibility index (Phi) is 3.01. The maximum Gasteiger partial charge on any atom is 0.330 e. The molecule has 5 unspecified atom stereocenters. The van der Waals surface area contributed by atoms with Gasteiger partial charge in [0.05, 0.1) is 6.61 Å². The molecule has 3 aliphatic heterocycles. The lowest BCUT2D eigenvalue weighted by molar-refractivity contribution is -0.238. The molecule has 0 aromatic carbocycles. The fourth-order valence-electron chi connectivity index (χ4n) is 3.51. The van der Waals surface area contributed by atoms with Gasteiger partial charge >= 0.3 is 5.69 Å². The quantitative estimate of drug-likeness (QED) is 0.441. The topological polar surface area (TPSA) is 157 Å². The van der Waals surface area contributed by atoms with Crippen molar-refractivity contribution in [3.05, 3.63) is 32.6 Å². The van der Waals surface area contributed by atoms with Gasteiger partial charge in [0.1, 0.15) is 18.0 Å².